The lowest BCUT2D eigenvalue weighted by molar-refractivity contribution is 0.0971. The van der Waals surface area contributed by atoms with Crippen molar-refractivity contribution in [3.05, 3.63) is 45.9 Å². The smallest absolute Gasteiger partial charge is 0.164 e. The van der Waals surface area contributed by atoms with Crippen molar-refractivity contribution in [2.75, 3.05) is 0 Å². The van der Waals surface area contributed by atoms with Crippen molar-refractivity contribution in [2.45, 2.75) is 45.1 Å². The van der Waals surface area contributed by atoms with E-state index in [-0.39, 0.29) is 5.41 Å². The molecule has 0 unspecified atom stereocenters. The Labute approximate surface area is 118 Å². The third-order valence-corrected chi connectivity index (χ3v) is 5.19. The van der Waals surface area contributed by atoms with Gasteiger partial charge in [-0.3, -0.25) is 4.79 Å². The van der Waals surface area contributed by atoms with Gasteiger partial charge in [0.25, 0.3) is 0 Å². The molecule has 3 heteroatoms. The second-order valence-electron chi connectivity index (χ2n) is 5.94. The second kappa shape index (κ2) is 4.64. The van der Waals surface area contributed by atoms with Crippen molar-refractivity contribution in [2.24, 2.45) is 0 Å². The van der Waals surface area contributed by atoms with Crippen molar-refractivity contribution in [3.8, 4) is 0 Å². The van der Waals surface area contributed by atoms with E-state index in [9.17, 15) is 4.79 Å². The lowest BCUT2D eigenvalue weighted by atomic mass is 9.90. The first-order valence-electron chi connectivity index (χ1n) is 6.83. The van der Waals surface area contributed by atoms with Gasteiger partial charge >= 0.3 is 0 Å². The number of hydrogen-bond acceptors (Lipinski definition) is 2. The number of rotatable bonds is 3. The van der Waals surface area contributed by atoms with Crippen LogP contribution < -0.4 is 0 Å². The number of carbonyl (C=O) groups is 1. The summed E-state index contributed by atoms with van der Waals surface area (Å²) in [6.07, 6.45) is 4.83. The number of ketones is 1. The summed E-state index contributed by atoms with van der Waals surface area (Å²) in [5.41, 5.74) is 2.30. The highest BCUT2D eigenvalue weighted by Crippen LogP contribution is 2.31. The maximum Gasteiger partial charge on any atom is 0.164 e. The van der Waals surface area contributed by atoms with Crippen LogP contribution in [-0.4, -0.2) is 10.4 Å². The summed E-state index contributed by atoms with van der Waals surface area (Å²) in [4.78, 5) is 13.3. The molecule has 0 saturated carbocycles. The molecule has 1 aliphatic rings. The fraction of sp³-hybridized carbons (Fsp3) is 0.438. The lowest BCUT2D eigenvalue weighted by Gasteiger charge is -2.26. The molecule has 0 aliphatic heterocycles. The molecular formula is C16H19NOS. The van der Waals surface area contributed by atoms with Crippen molar-refractivity contribution in [1.29, 1.82) is 0 Å². The molecule has 0 bridgehead atoms. The Morgan fingerprint density at radius 3 is 2.89 bits per heavy atom. The van der Waals surface area contributed by atoms with E-state index in [1.54, 1.807) is 0 Å². The molecule has 3 rings (SSSR count). The maximum absolute atomic E-state index is 11.9. The second-order valence-corrected chi connectivity index (χ2v) is 6.89. The van der Waals surface area contributed by atoms with Crippen LogP contribution in [0.25, 0.3) is 0 Å². The summed E-state index contributed by atoms with van der Waals surface area (Å²) >= 11 is 1.81. The zero-order chi connectivity index (χ0) is 13.5. The lowest BCUT2D eigenvalue weighted by Crippen LogP contribution is -2.25. The third kappa shape index (κ3) is 2.27. The molecule has 0 saturated heterocycles. The van der Waals surface area contributed by atoms with Crippen LogP contribution in [0.5, 0.6) is 0 Å². The Morgan fingerprint density at radius 2 is 2.16 bits per heavy atom. The van der Waals surface area contributed by atoms with E-state index in [2.05, 4.69) is 42.1 Å². The first-order chi connectivity index (χ1) is 9.08. The Morgan fingerprint density at radius 1 is 1.32 bits per heavy atom. The molecule has 0 fully saturated rings. The number of aromatic nitrogens is 1. The molecule has 2 aromatic heterocycles. The van der Waals surface area contributed by atoms with Gasteiger partial charge in [-0.05, 0) is 30.4 Å². The third-order valence-electron chi connectivity index (χ3n) is 3.95. The summed E-state index contributed by atoms with van der Waals surface area (Å²) in [5.74, 6) is 0.314. The number of nitrogens with zero attached hydrogens (tertiary/aromatic N) is 1. The van der Waals surface area contributed by atoms with Crippen molar-refractivity contribution >= 4 is 17.1 Å². The van der Waals surface area contributed by atoms with Crippen LogP contribution in [0.4, 0.5) is 0 Å². The first-order valence-corrected chi connectivity index (χ1v) is 7.71. The normalized spacial score (nSPS) is 15.6. The van der Waals surface area contributed by atoms with E-state index in [1.807, 2.05) is 17.4 Å². The summed E-state index contributed by atoms with van der Waals surface area (Å²) in [6, 6.07) is 6.31. The molecule has 0 N–H and O–H groups in total. The summed E-state index contributed by atoms with van der Waals surface area (Å²) < 4.78 is 2.28. The minimum atomic E-state index is 0.113. The van der Waals surface area contributed by atoms with E-state index in [0.29, 0.717) is 12.2 Å². The highest BCUT2D eigenvalue weighted by Gasteiger charge is 2.26. The van der Waals surface area contributed by atoms with Crippen LogP contribution in [0.3, 0.4) is 0 Å². The number of carbonyl (C=O) groups excluding carboxylic acids is 1. The van der Waals surface area contributed by atoms with Crippen LogP contribution in [0, 0.1) is 0 Å². The quantitative estimate of drug-likeness (QED) is 0.827. The summed E-state index contributed by atoms with van der Waals surface area (Å²) in [6.45, 7) is 5.49. The molecule has 0 atom stereocenters. The number of Topliss-reactive ketones (excluding diaryl/α,β-unsaturated/α-hetero) is 1. The standard InChI is InChI=1S/C16H19NOS/c1-16(2,15-7-4-10-19-15)11-17-9-8-12-13(17)5-3-6-14(12)18/h4,7-10H,3,5-6,11H2,1-2H3. The van der Waals surface area contributed by atoms with E-state index >= 15 is 0 Å². The number of thiophene rings is 1. The fourth-order valence-corrected chi connectivity index (χ4v) is 3.75. The maximum atomic E-state index is 11.9. The van der Waals surface area contributed by atoms with Gasteiger partial charge in [-0.1, -0.05) is 19.9 Å². The zero-order valence-electron chi connectivity index (χ0n) is 11.5. The monoisotopic (exact) mass is 273 g/mol. The molecule has 2 heterocycles. The van der Waals surface area contributed by atoms with Crippen molar-refractivity contribution in [3.63, 3.8) is 0 Å². The van der Waals surface area contributed by atoms with Gasteiger partial charge in [0, 0.05) is 40.7 Å². The van der Waals surface area contributed by atoms with Gasteiger partial charge in [-0.25, -0.2) is 0 Å². The van der Waals surface area contributed by atoms with Crippen molar-refractivity contribution in [1.82, 2.24) is 4.57 Å². The highest BCUT2D eigenvalue weighted by atomic mass is 32.1. The molecule has 0 aromatic carbocycles. The minimum absolute atomic E-state index is 0.113. The molecule has 2 nitrogen and oxygen atoms in total. The van der Waals surface area contributed by atoms with Gasteiger partial charge in [-0.2, -0.15) is 0 Å². The topological polar surface area (TPSA) is 22.0 Å². The van der Waals surface area contributed by atoms with Crippen LogP contribution in [-0.2, 0) is 18.4 Å². The SMILES string of the molecule is CC(C)(Cn1ccc2c1CCCC2=O)c1cccs1. The summed E-state index contributed by atoms with van der Waals surface area (Å²) in [7, 11) is 0. The highest BCUT2D eigenvalue weighted by molar-refractivity contribution is 7.10. The average Bonchev–Trinajstić information content (AvgIpc) is 2.99. The van der Waals surface area contributed by atoms with Crippen LogP contribution in [0.15, 0.2) is 29.8 Å². The van der Waals surface area contributed by atoms with Crippen molar-refractivity contribution < 1.29 is 4.79 Å². The van der Waals surface area contributed by atoms with Crippen LogP contribution in [0.1, 0.15) is 47.6 Å². The summed E-state index contributed by atoms with van der Waals surface area (Å²) in [5, 5.41) is 2.13. The zero-order valence-corrected chi connectivity index (χ0v) is 12.3. The van der Waals surface area contributed by atoms with Gasteiger partial charge in [0.05, 0.1) is 0 Å². The Hall–Kier alpha value is -1.35. The van der Waals surface area contributed by atoms with Gasteiger partial charge in [0.2, 0.25) is 0 Å². The number of hydrogen-bond donors (Lipinski definition) is 0. The van der Waals surface area contributed by atoms with Gasteiger partial charge < -0.3 is 4.57 Å². The van der Waals surface area contributed by atoms with Gasteiger partial charge in [0.15, 0.2) is 5.78 Å². The predicted molar refractivity (Wildman–Crippen MR) is 79.0 cm³/mol. The average molecular weight is 273 g/mol. The van der Waals surface area contributed by atoms with Crippen LogP contribution >= 0.6 is 11.3 Å². The van der Waals surface area contributed by atoms with Gasteiger partial charge in [0.1, 0.15) is 0 Å². The first kappa shape index (κ1) is 12.7. The molecule has 2 aromatic rings. The Bertz CT molecular complexity index is 592. The Balaban J connectivity index is 1.90. The van der Waals surface area contributed by atoms with E-state index < -0.39 is 0 Å². The fourth-order valence-electron chi connectivity index (χ4n) is 2.90. The van der Waals surface area contributed by atoms with E-state index in [4.69, 9.17) is 0 Å². The van der Waals surface area contributed by atoms with E-state index in [1.165, 1.54) is 10.6 Å². The van der Waals surface area contributed by atoms with Gasteiger partial charge in [-0.15, -0.1) is 11.3 Å². The Kier molecular flexibility index (Phi) is 3.09. The molecule has 0 spiro atoms. The predicted octanol–water partition coefficient (Wildman–Crippen LogP) is 4.05. The van der Waals surface area contributed by atoms with Crippen LogP contribution in [0.2, 0.25) is 0 Å². The molecule has 100 valence electrons. The molecule has 0 radical (unpaired) electrons. The molecule has 1 aliphatic carbocycles. The molecular weight excluding hydrogens is 254 g/mol. The molecule has 19 heavy (non-hydrogen) atoms. The number of fused-ring (bicyclic) bond motifs is 1. The minimum Gasteiger partial charge on any atom is -0.350 e. The largest absolute Gasteiger partial charge is 0.350 e. The molecule has 0 amide bonds. The van der Waals surface area contributed by atoms with E-state index in [0.717, 1.165) is 24.9 Å².